The lowest BCUT2D eigenvalue weighted by Gasteiger charge is -2.29. The van der Waals surface area contributed by atoms with Gasteiger partial charge in [-0.1, -0.05) is 0 Å². The number of hydrogen-bond donors (Lipinski definition) is 1. The number of ether oxygens (including phenoxy) is 4. The lowest BCUT2D eigenvalue weighted by atomic mass is 10.3. The molecule has 1 aromatic rings. The number of aromatic nitrogens is 2. The van der Waals surface area contributed by atoms with Gasteiger partial charge >= 0.3 is 17.6 Å². The number of rotatable bonds is 9. The lowest BCUT2D eigenvalue weighted by molar-refractivity contribution is -0.172. The number of methoxy groups -OCH3 is 1. The van der Waals surface area contributed by atoms with E-state index in [0.717, 1.165) is 10.6 Å². The van der Waals surface area contributed by atoms with Gasteiger partial charge in [-0.25, -0.2) is 4.79 Å². The molecule has 140 valence electrons. The molecule has 10 nitrogen and oxygen atoms in total. The van der Waals surface area contributed by atoms with Crippen molar-refractivity contribution in [1.82, 2.24) is 9.55 Å². The van der Waals surface area contributed by atoms with Gasteiger partial charge in [0.2, 0.25) is 0 Å². The Morgan fingerprint density at radius 1 is 1.16 bits per heavy atom. The van der Waals surface area contributed by atoms with Crippen molar-refractivity contribution in [3.8, 4) is 0 Å². The number of carbonyl (C=O) groups is 2. The summed E-state index contributed by atoms with van der Waals surface area (Å²) in [7, 11) is 1.42. The van der Waals surface area contributed by atoms with E-state index in [1.807, 2.05) is 0 Å². The van der Waals surface area contributed by atoms with Crippen molar-refractivity contribution >= 4 is 11.9 Å². The quantitative estimate of drug-likeness (QED) is 0.590. The predicted molar refractivity (Wildman–Crippen MR) is 85.0 cm³/mol. The molecule has 0 aliphatic carbocycles. The number of esters is 2. The lowest BCUT2D eigenvalue weighted by Crippen LogP contribution is -2.41. The van der Waals surface area contributed by atoms with Gasteiger partial charge in [-0.2, -0.15) is 0 Å². The van der Waals surface area contributed by atoms with E-state index in [1.165, 1.54) is 27.2 Å². The molecular formula is C15H22N2O8. The third kappa shape index (κ3) is 6.89. The molecule has 0 fully saturated rings. The normalized spacial score (nSPS) is 13.3. The molecule has 1 rings (SSSR count). The molecule has 0 spiro atoms. The van der Waals surface area contributed by atoms with Crippen molar-refractivity contribution in [2.75, 3.05) is 20.3 Å². The van der Waals surface area contributed by atoms with Gasteiger partial charge in [0.05, 0.1) is 6.10 Å². The molecule has 0 aliphatic rings. The van der Waals surface area contributed by atoms with E-state index >= 15 is 0 Å². The van der Waals surface area contributed by atoms with E-state index in [1.54, 1.807) is 6.92 Å². The van der Waals surface area contributed by atoms with Crippen LogP contribution in [0.3, 0.4) is 0 Å². The highest BCUT2D eigenvalue weighted by Crippen LogP contribution is 2.17. The van der Waals surface area contributed by atoms with Gasteiger partial charge in [-0.15, -0.1) is 0 Å². The maximum Gasteiger partial charge on any atom is 0.330 e. The zero-order chi connectivity index (χ0) is 19.0. The molecule has 0 aromatic carbocycles. The Hall–Kier alpha value is -2.46. The molecule has 10 heteroatoms. The van der Waals surface area contributed by atoms with E-state index in [-0.39, 0.29) is 13.2 Å². The van der Waals surface area contributed by atoms with E-state index in [2.05, 4.69) is 4.98 Å². The van der Waals surface area contributed by atoms with Gasteiger partial charge in [0, 0.05) is 33.2 Å². The highest BCUT2D eigenvalue weighted by Gasteiger charge is 2.26. The Bertz CT molecular complexity index is 677. The van der Waals surface area contributed by atoms with Crippen molar-refractivity contribution in [3.63, 3.8) is 0 Å². The summed E-state index contributed by atoms with van der Waals surface area (Å²) in [6.07, 6.45) is -1.13. The Morgan fingerprint density at radius 3 is 2.16 bits per heavy atom. The Labute approximate surface area is 143 Å². The summed E-state index contributed by atoms with van der Waals surface area (Å²) < 4.78 is 21.9. The minimum Gasteiger partial charge on any atom is -0.463 e. The second-order valence-electron chi connectivity index (χ2n) is 5.21. The molecule has 0 bridgehead atoms. The molecule has 1 aromatic heterocycles. The van der Waals surface area contributed by atoms with Crippen molar-refractivity contribution < 1.29 is 28.5 Å². The second kappa shape index (κ2) is 9.74. The molecule has 0 saturated heterocycles. The van der Waals surface area contributed by atoms with E-state index in [9.17, 15) is 19.2 Å². The first-order chi connectivity index (χ1) is 11.7. The smallest absolute Gasteiger partial charge is 0.330 e. The Balaban J connectivity index is 3.05. The Morgan fingerprint density at radius 2 is 1.72 bits per heavy atom. The van der Waals surface area contributed by atoms with Crippen molar-refractivity contribution in [3.05, 3.63) is 33.1 Å². The van der Waals surface area contributed by atoms with Crippen molar-refractivity contribution in [2.45, 2.75) is 39.2 Å². The molecule has 1 heterocycles. The monoisotopic (exact) mass is 358 g/mol. The molecule has 0 unspecified atom stereocenters. The van der Waals surface area contributed by atoms with Gasteiger partial charge in [-0.3, -0.25) is 23.9 Å². The summed E-state index contributed by atoms with van der Waals surface area (Å²) in [5, 5.41) is 0. The van der Waals surface area contributed by atoms with Crippen LogP contribution in [-0.4, -0.2) is 54.0 Å². The highest BCUT2D eigenvalue weighted by atomic mass is 16.6. The van der Waals surface area contributed by atoms with Crippen LogP contribution >= 0.6 is 0 Å². The van der Waals surface area contributed by atoms with Crippen LogP contribution in [0.2, 0.25) is 0 Å². The number of hydrogen-bond acceptors (Lipinski definition) is 8. The zero-order valence-electron chi connectivity index (χ0n) is 14.5. The first kappa shape index (κ1) is 20.6. The second-order valence-corrected chi connectivity index (χ2v) is 5.21. The van der Waals surface area contributed by atoms with E-state index in [4.69, 9.17) is 18.9 Å². The van der Waals surface area contributed by atoms with Crippen LogP contribution in [0.25, 0.3) is 0 Å². The summed E-state index contributed by atoms with van der Waals surface area (Å²) in [6, 6.07) is 1.16. The zero-order valence-corrected chi connectivity index (χ0v) is 14.5. The summed E-state index contributed by atoms with van der Waals surface area (Å²) in [5.74, 6) is -1.07. The minimum absolute atomic E-state index is 0.187. The van der Waals surface area contributed by atoms with Gasteiger partial charge in [0.25, 0.3) is 5.56 Å². The topological polar surface area (TPSA) is 126 Å². The maximum absolute atomic E-state index is 12.0. The van der Waals surface area contributed by atoms with Gasteiger partial charge in [0.15, 0.2) is 6.23 Å². The SMILES string of the molecule is CO[C@@H](C)[C@@H](OC(COC(C)=O)COC(C)=O)n1ccc(=O)[nH]c1=O. The van der Waals surface area contributed by atoms with E-state index < -0.39 is 41.6 Å². The molecule has 2 atom stereocenters. The van der Waals surface area contributed by atoms with Crippen molar-refractivity contribution in [2.24, 2.45) is 0 Å². The van der Waals surface area contributed by atoms with Gasteiger partial charge in [-0.05, 0) is 6.92 Å². The Kier molecular flexibility index (Phi) is 8.02. The molecule has 0 aliphatic heterocycles. The largest absolute Gasteiger partial charge is 0.463 e. The van der Waals surface area contributed by atoms with Crippen LogP contribution in [0.5, 0.6) is 0 Å². The number of H-pyrrole nitrogens is 1. The average molecular weight is 358 g/mol. The maximum atomic E-state index is 12.0. The first-order valence-corrected chi connectivity index (χ1v) is 7.51. The van der Waals surface area contributed by atoms with Crippen LogP contribution < -0.4 is 11.2 Å². The standard InChI is InChI=1S/C15H22N2O8/c1-9(22-4)14(17-6-5-13(20)16-15(17)21)25-12(7-23-10(2)18)8-24-11(3)19/h5-6,9,12,14H,7-8H2,1-4H3,(H,16,20,21)/t9-,14+/m0/s1. The number of nitrogens with zero attached hydrogens (tertiary/aromatic N) is 1. The molecule has 25 heavy (non-hydrogen) atoms. The minimum atomic E-state index is -0.953. The fraction of sp³-hybridized carbons (Fsp3) is 0.600. The van der Waals surface area contributed by atoms with E-state index in [0.29, 0.717) is 0 Å². The van der Waals surface area contributed by atoms with Crippen molar-refractivity contribution in [1.29, 1.82) is 0 Å². The molecule has 0 radical (unpaired) electrons. The molecule has 0 amide bonds. The highest BCUT2D eigenvalue weighted by molar-refractivity contribution is 5.66. The molecular weight excluding hydrogens is 336 g/mol. The third-order valence-electron chi connectivity index (χ3n) is 3.18. The molecule has 0 saturated carbocycles. The number of nitrogens with one attached hydrogen (secondary N) is 1. The molecule has 1 N–H and O–H groups in total. The predicted octanol–water partition coefficient (Wildman–Crippen LogP) is -0.418. The average Bonchev–Trinajstić information content (AvgIpc) is 2.54. The summed E-state index contributed by atoms with van der Waals surface area (Å²) >= 11 is 0. The number of aromatic amines is 1. The summed E-state index contributed by atoms with van der Waals surface area (Å²) in [6.45, 7) is 3.73. The van der Waals surface area contributed by atoms with Crippen LogP contribution in [0.1, 0.15) is 27.0 Å². The van der Waals surface area contributed by atoms with Gasteiger partial charge < -0.3 is 18.9 Å². The van der Waals surface area contributed by atoms with Crippen LogP contribution in [0.15, 0.2) is 21.9 Å². The van der Waals surface area contributed by atoms with Gasteiger partial charge in [0.1, 0.15) is 19.3 Å². The first-order valence-electron chi connectivity index (χ1n) is 7.51. The third-order valence-corrected chi connectivity index (χ3v) is 3.18. The number of carbonyl (C=O) groups excluding carboxylic acids is 2. The summed E-state index contributed by atoms with van der Waals surface area (Å²) in [4.78, 5) is 47.4. The summed E-state index contributed by atoms with van der Waals surface area (Å²) in [5.41, 5.74) is -1.25. The van der Waals surface area contributed by atoms with Crippen LogP contribution in [-0.2, 0) is 28.5 Å². The fourth-order valence-electron chi connectivity index (χ4n) is 1.89. The van der Waals surface area contributed by atoms with Crippen LogP contribution in [0, 0.1) is 0 Å². The van der Waals surface area contributed by atoms with Crippen LogP contribution in [0.4, 0.5) is 0 Å². The fourth-order valence-corrected chi connectivity index (χ4v) is 1.89.